The first-order chi connectivity index (χ1) is 14.5. The molecule has 30 heavy (non-hydrogen) atoms. The monoisotopic (exact) mass is 443 g/mol. The number of hydrogen-bond donors (Lipinski definition) is 1. The standard InChI is InChI=1S/C18H17N7O3S2/c1-11-21-22-23-25(11)14-7-12(3-4-15(14)28-2)19-16(26)10-29-9-13-8-17(27)24-5-6-30-18(24)20-13/h3-8H,9-10H2,1-2H3,(H,19,26). The first-order valence-electron chi connectivity index (χ1n) is 8.82. The SMILES string of the molecule is COc1ccc(NC(=O)CSCc2cc(=O)n3ccsc3n2)cc1-n1nnnc1C. The number of fused-ring (bicyclic) bond motifs is 1. The van der Waals surface area contributed by atoms with Crippen molar-refractivity contribution in [2.24, 2.45) is 0 Å². The van der Waals surface area contributed by atoms with Crippen LogP contribution in [0.5, 0.6) is 5.75 Å². The Labute approximate surface area is 178 Å². The number of ether oxygens (including phenoxy) is 1. The lowest BCUT2D eigenvalue weighted by Gasteiger charge is -2.11. The van der Waals surface area contributed by atoms with Gasteiger partial charge in [0.05, 0.1) is 18.6 Å². The van der Waals surface area contributed by atoms with Crippen molar-refractivity contribution >= 4 is 39.7 Å². The molecule has 0 saturated heterocycles. The van der Waals surface area contributed by atoms with Crippen LogP contribution in [0.2, 0.25) is 0 Å². The maximum Gasteiger partial charge on any atom is 0.258 e. The van der Waals surface area contributed by atoms with Crippen molar-refractivity contribution in [1.29, 1.82) is 0 Å². The number of thioether (sulfide) groups is 1. The van der Waals surface area contributed by atoms with Crippen LogP contribution in [-0.4, -0.2) is 48.4 Å². The number of aromatic nitrogens is 6. The second-order valence-electron chi connectivity index (χ2n) is 6.21. The van der Waals surface area contributed by atoms with Crippen LogP contribution in [0.1, 0.15) is 11.5 Å². The summed E-state index contributed by atoms with van der Waals surface area (Å²) in [5.41, 5.74) is 1.76. The Morgan fingerprint density at radius 2 is 2.20 bits per heavy atom. The van der Waals surface area contributed by atoms with Crippen molar-refractivity contribution in [2.75, 3.05) is 18.2 Å². The van der Waals surface area contributed by atoms with Crippen molar-refractivity contribution in [3.63, 3.8) is 0 Å². The van der Waals surface area contributed by atoms with E-state index in [1.54, 1.807) is 38.4 Å². The van der Waals surface area contributed by atoms with Gasteiger partial charge in [0.2, 0.25) is 5.91 Å². The smallest absolute Gasteiger partial charge is 0.258 e. The van der Waals surface area contributed by atoms with Crippen LogP contribution < -0.4 is 15.6 Å². The van der Waals surface area contributed by atoms with Crippen molar-refractivity contribution < 1.29 is 9.53 Å². The first-order valence-corrected chi connectivity index (χ1v) is 10.9. The number of carbonyl (C=O) groups is 1. The van der Waals surface area contributed by atoms with E-state index >= 15 is 0 Å². The molecule has 0 spiro atoms. The highest BCUT2D eigenvalue weighted by Crippen LogP contribution is 2.26. The third-order valence-corrected chi connectivity index (χ3v) is 5.88. The molecule has 0 aliphatic rings. The van der Waals surface area contributed by atoms with Crippen LogP contribution >= 0.6 is 23.1 Å². The van der Waals surface area contributed by atoms with E-state index in [9.17, 15) is 9.59 Å². The van der Waals surface area contributed by atoms with Gasteiger partial charge >= 0.3 is 0 Å². The van der Waals surface area contributed by atoms with Gasteiger partial charge in [0.15, 0.2) is 10.8 Å². The Morgan fingerprint density at radius 3 is 2.97 bits per heavy atom. The van der Waals surface area contributed by atoms with Crippen molar-refractivity contribution in [3.05, 3.63) is 57.7 Å². The molecule has 154 valence electrons. The Morgan fingerprint density at radius 1 is 1.33 bits per heavy atom. The number of hydrogen-bond acceptors (Lipinski definition) is 9. The molecule has 1 N–H and O–H groups in total. The molecule has 1 amide bonds. The van der Waals surface area contributed by atoms with Gasteiger partial charge < -0.3 is 10.1 Å². The molecule has 4 aromatic rings. The Hall–Kier alpha value is -3.25. The van der Waals surface area contributed by atoms with E-state index in [1.165, 1.54) is 38.2 Å². The third-order valence-electron chi connectivity index (χ3n) is 4.16. The van der Waals surface area contributed by atoms with Gasteiger partial charge in [-0.05, 0) is 35.5 Å². The largest absolute Gasteiger partial charge is 0.494 e. The van der Waals surface area contributed by atoms with Gasteiger partial charge in [0.25, 0.3) is 5.56 Å². The van der Waals surface area contributed by atoms with Gasteiger partial charge in [-0.3, -0.25) is 14.0 Å². The summed E-state index contributed by atoms with van der Waals surface area (Å²) in [7, 11) is 1.56. The number of aryl methyl sites for hydroxylation is 1. The second kappa shape index (κ2) is 8.63. The zero-order valence-corrected chi connectivity index (χ0v) is 17.7. The highest BCUT2D eigenvalue weighted by molar-refractivity contribution is 7.99. The van der Waals surface area contributed by atoms with Crippen LogP contribution in [0.3, 0.4) is 0 Å². The minimum atomic E-state index is -0.168. The average molecular weight is 444 g/mol. The first kappa shape index (κ1) is 20.0. The normalized spacial score (nSPS) is 11.0. The van der Waals surface area contributed by atoms with E-state index in [1.807, 2.05) is 5.38 Å². The third kappa shape index (κ3) is 4.19. The maximum atomic E-state index is 12.4. The Kier molecular flexibility index (Phi) is 5.77. The molecule has 3 heterocycles. The molecule has 4 rings (SSSR count). The molecule has 1 aromatic carbocycles. The summed E-state index contributed by atoms with van der Waals surface area (Å²) in [6.45, 7) is 1.77. The van der Waals surface area contributed by atoms with Crippen LogP contribution in [0.25, 0.3) is 10.6 Å². The summed E-state index contributed by atoms with van der Waals surface area (Å²) >= 11 is 2.78. The highest BCUT2D eigenvalue weighted by atomic mass is 32.2. The number of benzene rings is 1. The van der Waals surface area contributed by atoms with Gasteiger partial charge in [-0.1, -0.05) is 0 Å². The lowest BCUT2D eigenvalue weighted by atomic mass is 10.2. The number of rotatable bonds is 7. The van der Waals surface area contributed by atoms with Crippen molar-refractivity contribution in [3.8, 4) is 11.4 Å². The summed E-state index contributed by atoms with van der Waals surface area (Å²) in [6, 6.07) is 6.73. The fourth-order valence-electron chi connectivity index (χ4n) is 2.79. The molecule has 0 radical (unpaired) electrons. The average Bonchev–Trinajstić information content (AvgIpc) is 3.37. The minimum Gasteiger partial charge on any atom is -0.494 e. The van der Waals surface area contributed by atoms with E-state index < -0.39 is 0 Å². The van der Waals surface area contributed by atoms with E-state index in [-0.39, 0.29) is 17.2 Å². The molecule has 0 aliphatic carbocycles. The van der Waals surface area contributed by atoms with E-state index in [0.717, 1.165) is 0 Å². The number of amides is 1. The number of carbonyl (C=O) groups excluding carboxylic acids is 1. The van der Waals surface area contributed by atoms with E-state index in [0.29, 0.717) is 39.4 Å². The predicted molar refractivity (Wildman–Crippen MR) is 115 cm³/mol. The lowest BCUT2D eigenvalue weighted by molar-refractivity contribution is -0.113. The molecule has 10 nitrogen and oxygen atoms in total. The molecule has 0 unspecified atom stereocenters. The predicted octanol–water partition coefficient (Wildman–Crippen LogP) is 1.92. The van der Waals surface area contributed by atoms with Crippen LogP contribution in [0.4, 0.5) is 5.69 Å². The summed E-state index contributed by atoms with van der Waals surface area (Å²) in [4.78, 5) is 29.5. The van der Waals surface area contributed by atoms with Gasteiger partial charge in [-0.25, -0.2) is 4.98 Å². The molecule has 3 aromatic heterocycles. The van der Waals surface area contributed by atoms with Crippen LogP contribution in [0, 0.1) is 6.92 Å². The Balaban J connectivity index is 1.40. The van der Waals surface area contributed by atoms with E-state index in [4.69, 9.17) is 4.74 Å². The summed E-state index contributed by atoms with van der Waals surface area (Å²) < 4.78 is 8.40. The molecule has 0 aliphatic heterocycles. The molecule has 0 fully saturated rings. The van der Waals surface area contributed by atoms with Gasteiger partial charge in [-0.2, -0.15) is 4.68 Å². The van der Waals surface area contributed by atoms with Gasteiger partial charge in [-0.15, -0.1) is 28.2 Å². The number of tetrazole rings is 1. The maximum absolute atomic E-state index is 12.4. The van der Waals surface area contributed by atoms with Crippen LogP contribution in [-0.2, 0) is 10.5 Å². The zero-order chi connectivity index (χ0) is 21.1. The van der Waals surface area contributed by atoms with Crippen LogP contribution in [0.15, 0.2) is 40.6 Å². The summed E-state index contributed by atoms with van der Waals surface area (Å²) in [6.07, 6.45) is 1.69. The highest BCUT2D eigenvalue weighted by Gasteiger charge is 2.13. The number of anilines is 1. The van der Waals surface area contributed by atoms with Gasteiger partial charge in [0, 0.05) is 29.1 Å². The fourth-order valence-corrected chi connectivity index (χ4v) is 4.25. The fraction of sp³-hybridized carbons (Fsp3) is 0.222. The van der Waals surface area contributed by atoms with Crippen molar-refractivity contribution in [2.45, 2.75) is 12.7 Å². The second-order valence-corrected chi connectivity index (χ2v) is 8.07. The number of methoxy groups -OCH3 is 1. The number of nitrogens with one attached hydrogen (secondary N) is 1. The summed E-state index contributed by atoms with van der Waals surface area (Å²) in [5, 5.41) is 16.1. The Bertz CT molecular complexity index is 1260. The summed E-state index contributed by atoms with van der Waals surface area (Å²) in [5.74, 6) is 1.70. The van der Waals surface area contributed by atoms with Gasteiger partial charge in [0.1, 0.15) is 11.4 Å². The molecular weight excluding hydrogens is 426 g/mol. The zero-order valence-electron chi connectivity index (χ0n) is 16.1. The molecule has 0 saturated carbocycles. The lowest BCUT2D eigenvalue weighted by Crippen LogP contribution is -2.15. The minimum absolute atomic E-state index is 0.120. The number of nitrogens with zero attached hydrogens (tertiary/aromatic N) is 6. The topological polar surface area (TPSA) is 116 Å². The van der Waals surface area contributed by atoms with E-state index in [2.05, 4.69) is 25.8 Å². The quantitative estimate of drug-likeness (QED) is 0.461. The molecule has 12 heteroatoms. The molecule has 0 atom stereocenters. The molecular formula is C18H17N7O3S2. The molecule has 0 bridgehead atoms. The van der Waals surface area contributed by atoms with Crippen molar-refractivity contribution in [1.82, 2.24) is 29.6 Å². The number of thiazole rings is 1.